The summed E-state index contributed by atoms with van der Waals surface area (Å²) in [6.07, 6.45) is 1.83. The van der Waals surface area contributed by atoms with Crippen molar-refractivity contribution in [1.29, 1.82) is 0 Å². The number of halogens is 1. The van der Waals surface area contributed by atoms with E-state index in [1.165, 1.54) is 6.07 Å². The molecular weight excluding hydrogens is 247 g/mol. The van der Waals surface area contributed by atoms with Crippen molar-refractivity contribution in [3.63, 3.8) is 0 Å². The molecule has 0 aliphatic rings. The summed E-state index contributed by atoms with van der Waals surface area (Å²) in [6, 6.07) is 4.78. The number of nitrogen functional groups attached to an aromatic ring is 1. The van der Waals surface area contributed by atoms with Gasteiger partial charge in [-0.1, -0.05) is 0 Å². The fraction of sp³-hybridized carbons (Fsp3) is 0.231. The maximum Gasteiger partial charge on any atom is 0.221 e. The van der Waals surface area contributed by atoms with Gasteiger partial charge in [0.25, 0.3) is 0 Å². The van der Waals surface area contributed by atoms with Crippen molar-refractivity contribution in [2.24, 2.45) is 0 Å². The summed E-state index contributed by atoms with van der Waals surface area (Å²) in [5.41, 5.74) is 6.84. The standard InChI is InChI=1S/C13H15FN4O/c1-16-11(19)4-6-18-13-9(14)7-10(15)8-3-2-5-17-12(8)13/h2-3,5,7,18H,4,6,15H2,1H3,(H,16,19). The average Bonchev–Trinajstić information content (AvgIpc) is 2.42. The fourth-order valence-electron chi connectivity index (χ4n) is 1.83. The van der Waals surface area contributed by atoms with Crippen molar-refractivity contribution in [3.05, 3.63) is 30.2 Å². The number of fused-ring (bicyclic) bond motifs is 1. The van der Waals surface area contributed by atoms with Gasteiger partial charge in [-0.15, -0.1) is 0 Å². The summed E-state index contributed by atoms with van der Waals surface area (Å²) in [5.74, 6) is -0.582. The lowest BCUT2D eigenvalue weighted by Crippen LogP contribution is -2.21. The third kappa shape index (κ3) is 2.73. The second-order valence-electron chi connectivity index (χ2n) is 4.07. The lowest BCUT2D eigenvalue weighted by Gasteiger charge is -2.11. The number of pyridine rings is 1. The number of hydrogen-bond acceptors (Lipinski definition) is 4. The number of rotatable bonds is 4. The van der Waals surface area contributed by atoms with Gasteiger partial charge in [-0.3, -0.25) is 9.78 Å². The highest BCUT2D eigenvalue weighted by atomic mass is 19.1. The van der Waals surface area contributed by atoms with Crippen molar-refractivity contribution in [3.8, 4) is 0 Å². The highest BCUT2D eigenvalue weighted by Gasteiger charge is 2.11. The van der Waals surface area contributed by atoms with Crippen LogP contribution in [0.5, 0.6) is 0 Å². The zero-order valence-electron chi connectivity index (χ0n) is 10.5. The van der Waals surface area contributed by atoms with Crippen LogP contribution in [0.1, 0.15) is 6.42 Å². The third-order valence-electron chi connectivity index (χ3n) is 2.81. The van der Waals surface area contributed by atoms with E-state index in [0.717, 1.165) is 0 Å². The predicted octanol–water partition coefficient (Wildman–Crippen LogP) is 1.50. The number of nitrogens with zero attached hydrogens (tertiary/aromatic N) is 1. The molecule has 100 valence electrons. The number of carbonyl (C=O) groups excluding carboxylic acids is 1. The van der Waals surface area contributed by atoms with Gasteiger partial charge in [-0.2, -0.15) is 0 Å². The normalized spacial score (nSPS) is 10.4. The number of carbonyl (C=O) groups is 1. The Balaban J connectivity index is 2.29. The fourth-order valence-corrected chi connectivity index (χ4v) is 1.83. The van der Waals surface area contributed by atoms with E-state index in [9.17, 15) is 9.18 Å². The SMILES string of the molecule is CNC(=O)CCNc1c(F)cc(N)c2cccnc12. The summed E-state index contributed by atoms with van der Waals surface area (Å²) in [5, 5.41) is 6.08. The molecule has 1 amide bonds. The molecule has 0 aliphatic carbocycles. The minimum Gasteiger partial charge on any atom is -0.398 e. The van der Waals surface area contributed by atoms with Crippen LogP contribution in [0.3, 0.4) is 0 Å². The molecular formula is C13H15FN4O. The van der Waals surface area contributed by atoms with E-state index in [4.69, 9.17) is 5.73 Å². The Kier molecular flexibility index (Phi) is 3.79. The van der Waals surface area contributed by atoms with Crippen LogP contribution in [-0.4, -0.2) is 24.5 Å². The first-order chi connectivity index (χ1) is 9.13. The van der Waals surface area contributed by atoms with E-state index >= 15 is 0 Å². The van der Waals surface area contributed by atoms with Crippen molar-refractivity contribution in [1.82, 2.24) is 10.3 Å². The van der Waals surface area contributed by atoms with Crippen molar-refractivity contribution >= 4 is 28.2 Å². The molecule has 0 saturated heterocycles. The van der Waals surface area contributed by atoms with Crippen molar-refractivity contribution in [2.75, 3.05) is 24.6 Å². The highest BCUT2D eigenvalue weighted by Crippen LogP contribution is 2.29. The molecule has 1 heterocycles. The van der Waals surface area contributed by atoms with E-state index in [0.29, 0.717) is 23.1 Å². The minimum absolute atomic E-state index is 0.111. The van der Waals surface area contributed by atoms with Gasteiger partial charge in [0, 0.05) is 37.3 Å². The Bertz CT molecular complexity index is 615. The molecule has 1 aromatic carbocycles. The first-order valence-corrected chi connectivity index (χ1v) is 5.90. The largest absolute Gasteiger partial charge is 0.398 e. The molecule has 1 aromatic heterocycles. The molecule has 5 nitrogen and oxygen atoms in total. The molecule has 0 fully saturated rings. The van der Waals surface area contributed by atoms with E-state index in [1.807, 2.05) is 0 Å². The lowest BCUT2D eigenvalue weighted by molar-refractivity contribution is -0.120. The number of amides is 1. The van der Waals surface area contributed by atoms with Crippen LogP contribution in [0.4, 0.5) is 15.8 Å². The van der Waals surface area contributed by atoms with Crippen molar-refractivity contribution in [2.45, 2.75) is 6.42 Å². The molecule has 6 heteroatoms. The van der Waals surface area contributed by atoms with Gasteiger partial charge in [-0.25, -0.2) is 4.39 Å². The summed E-state index contributed by atoms with van der Waals surface area (Å²) in [7, 11) is 1.56. The third-order valence-corrected chi connectivity index (χ3v) is 2.81. The first-order valence-electron chi connectivity index (χ1n) is 5.90. The zero-order valence-corrected chi connectivity index (χ0v) is 10.5. The van der Waals surface area contributed by atoms with E-state index in [2.05, 4.69) is 15.6 Å². The molecule has 2 aromatic rings. The molecule has 0 bridgehead atoms. The first kappa shape index (κ1) is 13.1. The molecule has 0 radical (unpaired) electrons. The molecule has 0 aliphatic heterocycles. The van der Waals surface area contributed by atoms with Crippen LogP contribution in [0.15, 0.2) is 24.4 Å². The Hall–Kier alpha value is -2.37. The van der Waals surface area contributed by atoms with Gasteiger partial charge < -0.3 is 16.4 Å². The Morgan fingerprint density at radius 3 is 3.05 bits per heavy atom. The van der Waals surface area contributed by atoms with Crippen molar-refractivity contribution < 1.29 is 9.18 Å². The van der Waals surface area contributed by atoms with Crippen LogP contribution < -0.4 is 16.4 Å². The van der Waals surface area contributed by atoms with Crippen LogP contribution in [0.25, 0.3) is 10.9 Å². The van der Waals surface area contributed by atoms with E-state index in [-0.39, 0.29) is 18.0 Å². The van der Waals surface area contributed by atoms with Gasteiger partial charge >= 0.3 is 0 Å². The van der Waals surface area contributed by atoms with E-state index in [1.54, 1.807) is 25.4 Å². The number of nitrogens with one attached hydrogen (secondary N) is 2. The smallest absolute Gasteiger partial charge is 0.221 e. The number of anilines is 2. The maximum absolute atomic E-state index is 13.9. The summed E-state index contributed by atoms with van der Waals surface area (Å²) in [4.78, 5) is 15.3. The van der Waals surface area contributed by atoms with Gasteiger partial charge in [-0.05, 0) is 18.2 Å². The Morgan fingerprint density at radius 1 is 1.53 bits per heavy atom. The monoisotopic (exact) mass is 262 g/mol. The van der Waals surface area contributed by atoms with Crippen LogP contribution >= 0.6 is 0 Å². The summed E-state index contributed by atoms with van der Waals surface area (Å²) >= 11 is 0. The number of hydrogen-bond donors (Lipinski definition) is 3. The molecule has 2 rings (SSSR count). The topological polar surface area (TPSA) is 80.0 Å². The second-order valence-corrected chi connectivity index (χ2v) is 4.07. The number of benzene rings is 1. The van der Waals surface area contributed by atoms with Gasteiger partial charge in [0.05, 0.1) is 11.2 Å². The van der Waals surface area contributed by atoms with Crippen LogP contribution in [-0.2, 0) is 4.79 Å². The van der Waals surface area contributed by atoms with Gasteiger partial charge in [0.2, 0.25) is 5.91 Å². The highest BCUT2D eigenvalue weighted by molar-refractivity contribution is 5.98. The lowest BCUT2D eigenvalue weighted by atomic mass is 10.1. The summed E-state index contributed by atoms with van der Waals surface area (Å²) in [6.45, 7) is 0.326. The zero-order chi connectivity index (χ0) is 13.8. The van der Waals surface area contributed by atoms with Gasteiger partial charge in [0.1, 0.15) is 0 Å². The quantitative estimate of drug-likeness (QED) is 0.729. The van der Waals surface area contributed by atoms with E-state index < -0.39 is 5.82 Å². The predicted molar refractivity (Wildman–Crippen MR) is 73.3 cm³/mol. The van der Waals surface area contributed by atoms with Crippen LogP contribution in [0, 0.1) is 5.82 Å². The van der Waals surface area contributed by atoms with Gasteiger partial charge in [0.15, 0.2) is 5.82 Å². The molecule has 0 atom stereocenters. The molecule has 4 N–H and O–H groups in total. The molecule has 0 unspecified atom stereocenters. The molecule has 19 heavy (non-hydrogen) atoms. The van der Waals surface area contributed by atoms with Crippen LogP contribution in [0.2, 0.25) is 0 Å². The maximum atomic E-state index is 13.9. The molecule has 0 saturated carbocycles. The average molecular weight is 262 g/mol. The minimum atomic E-state index is -0.472. The number of nitrogens with two attached hydrogens (primary N) is 1. The second kappa shape index (κ2) is 5.51. The Morgan fingerprint density at radius 2 is 2.32 bits per heavy atom. The summed E-state index contributed by atoms with van der Waals surface area (Å²) < 4.78 is 13.9. The molecule has 0 spiro atoms. The number of aromatic nitrogens is 1. The Labute approximate surface area is 110 Å².